The minimum atomic E-state index is 0.483. The molecule has 3 rings (SSSR count). The third-order valence-corrected chi connectivity index (χ3v) is 3.89. The Morgan fingerprint density at radius 1 is 1.32 bits per heavy atom. The van der Waals surface area contributed by atoms with Gasteiger partial charge in [-0.3, -0.25) is 0 Å². The fourth-order valence-electron chi connectivity index (χ4n) is 1.90. The van der Waals surface area contributed by atoms with Crippen LogP contribution in [0.3, 0.4) is 0 Å². The van der Waals surface area contributed by atoms with E-state index in [1.807, 2.05) is 30.5 Å². The Morgan fingerprint density at radius 2 is 2.16 bits per heavy atom. The van der Waals surface area contributed by atoms with E-state index >= 15 is 0 Å². The molecule has 0 unspecified atom stereocenters. The number of fused-ring (bicyclic) bond motifs is 1. The lowest BCUT2D eigenvalue weighted by Gasteiger charge is -2.04. The normalized spacial score (nSPS) is 11.5. The zero-order valence-corrected chi connectivity index (χ0v) is 11.8. The largest absolute Gasteiger partial charge is 0.454 e. The summed E-state index contributed by atoms with van der Waals surface area (Å²) in [6, 6.07) is 10.6. The van der Waals surface area contributed by atoms with Crippen LogP contribution in [0.25, 0.3) is 21.7 Å². The number of nitrogens with zero attached hydrogens (tertiary/aromatic N) is 1. The monoisotopic (exact) mass is 272 g/mol. The number of aromatic nitrogens is 1. The number of furan rings is 1. The topological polar surface area (TPSA) is 38.1 Å². The molecule has 0 fully saturated rings. The van der Waals surface area contributed by atoms with Gasteiger partial charge in [0.1, 0.15) is 5.58 Å². The van der Waals surface area contributed by atoms with Crippen LogP contribution < -0.4 is 5.32 Å². The first-order valence-corrected chi connectivity index (χ1v) is 7.21. The smallest absolute Gasteiger partial charge is 0.164 e. The van der Waals surface area contributed by atoms with Gasteiger partial charge in [0.25, 0.3) is 0 Å². The first kappa shape index (κ1) is 12.4. The third kappa shape index (κ3) is 2.69. The zero-order chi connectivity index (χ0) is 13.2. The highest BCUT2D eigenvalue weighted by Gasteiger charge is 2.10. The maximum Gasteiger partial charge on any atom is 0.164 e. The zero-order valence-electron chi connectivity index (χ0n) is 11.0. The van der Waals surface area contributed by atoms with Crippen molar-refractivity contribution < 1.29 is 4.42 Å². The van der Waals surface area contributed by atoms with E-state index < -0.39 is 0 Å². The second-order valence-corrected chi connectivity index (χ2v) is 5.93. The Labute approximate surface area is 116 Å². The molecule has 1 N–H and O–H groups in total. The molecule has 19 heavy (non-hydrogen) atoms. The summed E-state index contributed by atoms with van der Waals surface area (Å²) in [5, 5.41) is 5.45. The fraction of sp³-hybridized carbons (Fsp3) is 0.267. The van der Waals surface area contributed by atoms with Gasteiger partial charge in [-0.25, -0.2) is 4.98 Å². The molecule has 0 amide bonds. The Morgan fingerprint density at radius 3 is 2.95 bits per heavy atom. The molecule has 3 nitrogen and oxygen atoms in total. The van der Waals surface area contributed by atoms with E-state index in [9.17, 15) is 0 Å². The molecule has 0 aliphatic carbocycles. The van der Waals surface area contributed by atoms with Crippen molar-refractivity contribution in [3.63, 3.8) is 0 Å². The maximum absolute atomic E-state index is 5.82. The molecule has 0 saturated carbocycles. The molecule has 0 bridgehead atoms. The molecule has 4 heteroatoms. The lowest BCUT2D eigenvalue weighted by atomic mass is 10.2. The minimum absolute atomic E-state index is 0.483. The van der Waals surface area contributed by atoms with E-state index in [4.69, 9.17) is 4.42 Å². The minimum Gasteiger partial charge on any atom is -0.454 e. The summed E-state index contributed by atoms with van der Waals surface area (Å²) in [5.74, 6) is 0.849. The number of benzene rings is 1. The van der Waals surface area contributed by atoms with Gasteiger partial charge in [-0.1, -0.05) is 32.0 Å². The van der Waals surface area contributed by atoms with Gasteiger partial charge in [-0.2, -0.15) is 0 Å². The molecular formula is C15H16N2OS. The highest BCUT2D eigenvalue weighted by atomic mass is 32.1. The summed E-state index contributed by atoms with van der Waals surface area (Å²) < 4.78 is 5.82. The molecule has 2 heterocycles. The number of hydrogen-bond acceptors (Lipinski definition) is 4. The SMILES string of the molecule is CC(C)NCc1cnc(-c2cc3ccccc3o2)s1. The molecule has 2 aromatic heterocycles. The van der Waals surface area contributed by atoms with Gasteiger partial charge >= 0.3 is 0 Å². The quantitative estimate of drug-likeness (QED) is 0.778. The van der Waals surface area contributed by atoms with Crippen LogP contribution in [0.4, 0.5) is 0 Å². The van der Waals surface area contributed by atoms with Gasteiger partial charge < -0.3 is 9.73 Å². The molecular weight excluding hydrogens is 256 g/mol. The van der Waals surface area contributed by atoms with Crippen molar-refractivity contribution in [3.05, 3.63) is 41.4 Å². The summed E-state index contributed by atoms with van der Waals surface area (Å²) in [6.07, 6.45) is 1.92. The van der Waals surface area contributed by atoms with Crippen molar-refractivity contribution >= 4 is 22.3 Å². The van der Waals surface area contributed by atoms with Gasteiger partial charge in [-0.15, -0.1) is 11.3 Å². The van der Waals surface area contributed by atoms with Gasteiger partial charge in [0.15, 0.2) is 10.8 Å². The van der Waals surface area contributed by atoms with Crippen LogP contribution in [-0.2, 0) is 6.54 Å². The van der Waals surface area contributed by atoms with Crippen molar-refractivity contribution in [1.29, 1.82) is 0 Å². The first-order valence-electron chi connectivity index (χ1n) is 6.39. The highest BCUT2D eigenvalue weighted by molar-refractivity contribution is 7.14. The second kappa shape index (κ2) is 5.15. The predicted octanol–water partition coefficient (Wildman–Crippen LogP) is 4.05. The van der Waals surface area contributed by atoms with Crippen molar-refractivity contribution in [2.75, 3.05) is 0 Å². The first-order chi connectivity index (χ1) is 9.22. The summed E-state index contributed by atoms with van der Waals surface area (Å²) in [6.45, 7) is 5.14. The molecule has 0 aliphatic rings. The van der Waals surface area contributed by atoms with Crippen molar-refractivity contribution in [2.45, 2.75) is 26.4 Å². The fourth-order valence-corrected chi connectivity index (χ4v) is 2.71. The van der Waals surface area contributed by atoms with E-state index in [0.29, 0.717) is 6.04 Å². The van der Waals surface area contributed by atoms with E-state index in [2.05, 4.69) is 30.2 Å². The number of rotatable bonds is 4. The average molecular weight is 272 g/mol. The van der Waals surface area contributed by atoms with Gasteiger partial charge in [0.2, 0.25) is 0 Å². The van der Waals surface area contributed by atoms with Crippen LogP contribution in [0, 0.1) is 0 Å². The molecule has 0 atom stereocenters. The van der Waals surface area contributed by atoms with Crippen LogP contribution in [0.1, 0.15) is 18.7 Å². The Bertz CT molecular complexity index is 651. The van der Waals surface area contributed by atoms with Gasteiger partial charge in [0, 0.05) is 29.0 Å². The van der Waals surface area contributed by atoms with Gasteiger partial charge in [-0.05, 0) is 12.1 Å². The Balaban J connectivity index is 1.85. The maximum atomic E-state index is 5.82. The second-order valence-electron chi connectivity index (χ2n) is 4.82. The van der Waals surface area contributed by atoms with Crippen molar-refractivity contribution in [1.82, 2.24) is 10.3 Å². The van der Waals surface area contributed by atoms with Gasteiger partial charge in [0.05, 0.1) is 0 Å². The number of nitrogens with one attached hydrogen (secondary N) is 1. The lowest BCUT2D eigenvalue weighted by molar-refractivity contribution is 0.593. The molecule has 0 radical (unpaired) electrons. The van der Waals surface area contributed by atoms with Crippen LogP contribution in [0.2, 0.25) is 0 Å². The summed E-state index contributed by atoms with van der Waals surface area (Å²) in [7, 11) is 0. The Hall–Kier alpha value is -1.65. The third-order valence-electron chi connectivity index (χ3n) is 2.87. The standard InChI is InChI=1S/C15H16N2OS/c1-10(2)16-8-12-9-17-15(19-12)14-7-11-5-3-4-6-13(11)18-14/h3-7,9-10,16H,8H2,1-2H3. The molecule has 1 aromatic carbocycles. The van der Waals surface area contributed by atoms with E-state index in [1.54, 1.807) is 11.3 Å². The van der Waals surface area contributed by atoms with Crippen LogP contribution in [-0.4, -0.2) is 11.0 Å². The highest BCUT2D eigenvalue weighted by Crippen LogP contribution is 2.30. The summed E-state index contributed by atoms with van der Waals surface area (Å²) in [5.41, 5.74) is 0.912. The van der Waals surface area contributed by atoms with Crippen molar-refractivity contribution in [2.24, 2.45) is 0 Å². The van der Waals surface area contributed by atoms with Crippen LogP contribution in [0.15, 0.2) is 40.9 Å². The summed E-state index contributed by atoms with van der Waals surface area (Å²) in [4.78, 5) is 5.67. The van der Waals surface area contributed by atoms with Crippen molar-refractivity contribution in [3.8, 4) is 10.8 Å². The van der Waals surface area contributed by atoms with Crippen LogP contribution in [0.5, 0.6) is 0 Å². The Kier molecular flexibility index (Phi) is 3.36. The molecule has 0 aliphatic heterocycles. The van der Waals surface area contributed by atoms with E-state index in [0.717, 1.165) is 28.3 Å². The average Bonchev–Trinajstić information content (AvgIpc) is 3.02. The van der Waals surface area contributed by atoms with Crippen LogP contribution >= 0.6 is 11.3 Å². The molecule has 3 aromatic rings. The predicted molar refractivity (Wildman–Crippen MR) is 79.3 cm³/mol. The lowest BCUT2D eigenvalue weighted by Crippen LogP contribution is -2.21. The number of hydrogen-bond donors (Lipinski definition) is 1. The molecule has 98 valence electrons. The van der Waals surface area contributed by atoms with E-state index in [1.165, 1.54) is 4.88 Å². The molecule has 0 spiro atoms. The molecule has 0 saturated heterocycles. The number of para-hydroxylation sites is 1. The summed E-state index contributed by atoms with van der Waals surface area (Å²) >= 11 is 1.68. The van der Waals surface area contributed by atoms with E-state index in [-0.39, 0.29) is 0 Å². The number of thiazole rings is 1.